The highest BCUT2D eigenvalue weighted by Crippen LogP contribution is 2.31. The molecule has 1 aromatic heterocycles. The fraction of sp³-hybridized carbons (Fsp3) is 0.333. The van der Waals surface area contributed by atoms with Gasteiger partial charge in [-0.05, 0) is 30.8 Å². The Bertz CT molecular complexity index is 518. The lowest BCUT2D eigenvalue weighted by Crippen LogP contribution is -2.25. The SMILES string of the molecule is CNC(c1ccc(OC)cc1)C(C)Sc1ccncn1. The molecule has 2 atom stereocenters. The molecular weight excluding hydrogens is 270 g/mol. The Hall–Kier alpha value is -1.59. The molecule has 1 heterocycles. The number of hydrogen-bond acceptors (Lipinski definition) is 5. The highest BCUT2D eigenvalue weighted by molar-refractivity contribution is 7.99. The molecule has 0 radical (unpaired) electrons. The second-order valence-electron chi connectivity index (χ2n) is 4.41. The van der Waals surface area contributed by atoms with Crippen molar-refractivity contribution in [2.75, 3.05) is 14.2 Å². The van der Waals surface area contributed by atoms with Gasteiger partial charge in [-0.3, -0.25) is 0 Å². The highest BCUT2D eigenvalue weighted by Gasteiger charge is 2.19. The van der Waals surface area contributed by atoms with Crippen molar-refractivity contribution in [3.05, 3.63) is 48.4 Å². The zero-order valence-electron chi connectivity index (χ0n) is 11.9. The van der Waals surface area contributed by atoms with Crippen LogP contribution in [0.15, 0.2) is 47.9 Å². The number of thioether (sulfide) groups is 1. The molecule has 5 heteroatoms. The van der Waals surface area contributed by atoms with Crippen LogP contribution in [0.1, 0.15) is 18.5 Å². The number of nitrogens with one attached hydrogen (secondary N) is 1. The topological polar surface area (TPSA) is 47.0 Å². The van der Waals surface area contributed by atoms with Crippen molar-refractivity contribution >= 4 is 11.8 Å². The first-order valence-corrected chi connectivity index (χ1v) is 7.36. The van der Waals surface area contributed by atoms with E-state index in [1.807, 2.05) is 25.2 Å². The first-order valence-electron chi connectivity index (χ1n) is 6.48. The Kier molecular flexibility index (Phi) is 5.38. The van der Waals surface area contributed by atoms with Crippen LogP contribution in [0.2, 0.25) is 0 Å². The quantitative estimate of drug-likeness (QED) is 0.654. The fourth-order valence-electron chi connectivity index (χ4n) is 2.09. The van der Waals surface area contributed by atoms with E-state index in [1.165, 1.54) is 5.56 Å². The van der Waals surface area contributed by atoms with Gasteiger partial charge in [0.2, 0.25) is 0 Å². The van der Waals surface area contributed by atoms with Crippen molar-refractivity contribution in [2.45, 2.75) is 23.2 Å². The maximum absolute atomic E-state index is 5.20. The Balaban J connectivity index is 2.10. The number of ether oxygens (including phenoxy) is 1. The summed E-state index contributed by atoms with van der Waals surface area (Å²) >= 11 is 1.74. The van der Waals surface area contributed by atoms with Gasteiger partial charge in [-0.25, -0.2) is 9.97 Å². The molecule has 0 fully saturated rings. The van der Waals surface area contributed by atoms with Crippen LogP contribution in [-0.4, -0.2) is 29.4 Å². The van der Waals surface area contributed by atoms with Crippen molar-refractivity contribution in [1.29, 1.82) is 0 Å². The van der Waals surface area contributed by atoms with Crippen LogP contribution in [0.25, 0.3) is 0 Å². The molecule has 1 aromatic carbocycles. The molecule has 0 bridgehead atoms. The van der Waals surface area contributed by atoms with Gasteiger partial charge in [0, 0.05) is 17.5 Å². The summed E-state index contributed by atoms with van der Waals surface area (Å²) in [6.45, 7) is 2.19. The van der Waals surface area contributed by atoms with E-state index >= 15 is 0 Å². The molecule has 4 nitrogen and oxygen atoms in total. The highest BCUT2D eigenvalue weighted by atomic mass is 32.2. The normalized spacial score (nSPS) is 13.8. The van der Waals surface area contributed by atoms with Crippen LogP contribution in [-0.2, 0) is 0 Å². The standard InChI is InChI=1S/C15H19N3OS/c1-11(20-14-8-9-17-10-18-14)15(16-2)12-4-6-13(19-3)7-5-12/h4-11,15-16H,1-3H3. The van der Waals surface area contributed by atoms with Gasteiger partial charge in [0.15, 0.2) is 0 Å². The third kappa shape index (κ3) is 3.71. The molecule has 0 amide bonds. The minimum Gasteiger partial charge on any atom is -0.497 e. The summed E-state index contributed by atoms with van der Waals surface area (Å²) in [4.78, 5) is 8.20. The second kappa shape index (κ2) is 7.26. The van der Waals surface area contributed by atoms with Gasteiger partial charge in [-0.1, -0.05) is 19.1 Å². The molecule has 0 aliphatic rings. The van der Waals surface area contributed by atoms with Gasteiger partial charge in [-0.15, -0.1) is 11.8 Å². The largest absolute Gasteiger partial charge is 0.497 e. The zero-order chi connectivity index (χ0) is 14.4. The molecular formula is C15H19N3OS. The molecule has 20 heavy (non-hydrogen) atoms. The maximum atomic E-state index is 5.20. The molecule has 0 saturated carbocycles. The van der Waals surface area contributed by atoms with Gasteiger partial charge in [0.25, 0.3) is 0 Å². The Morgan fingerprint density at radius 1 is 1.20 bits per heavy atom. The van der Waals surface area contributed by atoms with Gasteiger partial charge in [0.1, 0.15) is 12.1 Å². The summed E-state index contributed by atoms with van der Waals surface area (Å²) in [6, 6.07) is 10.3. The minimum absolute atomic E-state index is 0.251. The summed E-state index contributed by atoms with van der Waals surface area (Å²) in [5, 5.41) is 4.71. The average Bonchev–Trinajstić information content (AvgIpc) is 2.49. The summed E-state index contributed by atoms with van der Waals surface area (Å²) in [5.74, 6) is 0.875. The predicted octanol–water partition coefficient (Wildman–Crippen LogP) is 2.93. The predicted molar refractivity (Wildman–Crippen MR) is 82.1 cm³/mol. The van der Waals surface area contributed by atoms with E-state index in [1.54, 1.807) is 31.4 Å². The van der Waals surface area contributed by atoms with Gasteiger partial charge >= 0.3 is 0 Å². The molecule has 1 N–H and O–H groups in total. The zero-order valence-corrected chi connectivity index (χ0v) is 12.7. The Morgan fingerprint density at radius 3 is 2.50 bits per heavy atom. The van der Waals surface area contributed by atoms with Crippen molar-refractivity contribution in [2.24, 2.45) is 0 Å². The lowest BCUT2D eigenvalue weighted by atomic mass is 10.0. The molecule has 2 rings (SSSR count). The van der Waals surface area contributed by atoms with E-state index < -0.39 is 0 Å². The van der Waals surface area contributed by atoms with E-state index in [0.29, 0.717) is 5.25 Å². The van der Waals surface area contributed by atoms with Crippen LogP contribution in [0.3, 0.4) is 0 Å². The Labute approximate surface area is 124 Å². The molecule has 0 saturated heterocycles. The van der Waals surface area contributed by atoms with Crippen LogP contribution in [0.4, 0.5) is 0 Å². The maximum Gasteiger partial charge on any atom is 0.118 e. The second-order valence-corrected chi connectivity index (χ2v) is 5.81. The molecule has 2 unspecified atom stereocenters. The number of rotatable bonds is 6. The van der Waals surface area contributed by atoms with E-state index in [2.05, 4.69) is 34.3 Å². The lowest BCUT2D eigenvalue weighted by molar-refractivity contribution is 0.414. The molecule has 106 valence electrons. The van der Waals surface area contributed by atoms with Crippen LogP contribution >= 0.6 is 11.8 Å². The number of benzene rings is 1. The van der Waals surface area contributed by atoms with Crippen molar-refractivity contribution < 1.29 is 4.74 Å². The molecule has 0 spiro atoms. The Morgan fingerprint density at radius 2 is 1.95 bits per heavy atom. The monoisotopic (exact) mass is 289 g/mol. The summed E-state index contributed by atoms with van der Waals surface area (Å²) in [5.41, 5.74) is 1.24. The van der Waals surface area contributed by atoms with Gasteiger partial charge < -0.3 is 10.1 Å². The van der Waals surface area contributed by atoms with Crippen LogP contribution < -0.4 is 10.1 Å². The molecule has 2 aromatic rings. The van der Waals surface area contributed by atoms with E-state index in [9.17, 15) is 0 Å². The van der Waals surface area contributed by atoms with Crippen molar-refractivity contribution in [3.63, 3.8) is 0 Å². The van der Waals surface area contributed by atoms with Crippen molar-refractivity contribution in [3.8, 4) is 5.75 Å². The van der Waals surface area contributed by atoms with Crippen LogP contribution in [0.5, 0.6) is 5.75 Å². The van der Waals surface area contributed by atoms with Gasteiger partial charge in [-0.2, -0.15) is 0 Å². The first kappa shape index (κ1) is 14.8. The minimum atomic E-state index is 0.251. The number of hydrogen-bond donors (Lipinski definition) is 1. The average molecular weight is 289 g/mol. The fourth-order valence-corrected chi connectivity index (χ4v) is 3.15. The number of aromatic nitrogens is 2. The molecule has 0 aliphatic heterocycles. The van der Waals surface area contributed by atoms with E-state index in [0.717, 1.165) is 10.8 Å². The van der Waals surface area contributed by atoms with E-state index in [-0.39, 0.29) is 6.04 Å². The number of methoxy groups -OCH3 is 1. The van der Waals surface area contributed by atoms with Crippen LogP contribution in [0, 0.1) is 0 Å². The number of nitrogens with zero attached hydrogens (tertiary/aromatic N) is 2. The van der Waals surface area contributed by atoms with Gasteiger partial charge in [0.05, 0.1) is 12.1 Å². The summed E-state index contributed by atoms with van der Waals surface area (Å²) < 4.78 is 5.20. The summed E-state index contributed by atoms with van der Waals surface area (Å²) in [7, 11) is 3.66. The third-order valence-electron chi connectivity index (χ3n) is 3.12. The smallest absolute Gasteiger partial charge is 0.118 e. The van der Waals surface area contributed by atoms with Crippen molar-refractivity contribution in [1.82, 2.24) is 15.3 Å². The summed E-state index contributed by atoms with van der Waals surface area (Å²) in [6.07, 6.45) is 3.35. The third-order valence-corrected chi connectivity index (χ3v) is 4.24. The first-order chi connectivity index (χ1) is 9.74. The lowest BCUT2D eigenvalue weighted by Gasteiger charge is -2.23. The molecule has 0 aliphatic carbocycles. The van der Waals surface area contributed by atoms with E-state index in [4.69, 9.17) is 4.74 Å².